The van der Waals surface area contributed by atoms with Crippen LogP contribution in [0.25, 0.3) is 0 Å². The average Bonchev–Trinajstić information content (AvgIpc) is 2.52. The molecule has 0 saturated heterocycles. The lowest BCUT2D eigenvalue weighted by atomic mass is 10.0. The second-order valence-corrected chi connectivity index (χ2v) is 7.46. The minimum atomic E-state index is -0.282. The number of unbranched alkanes of at least 4 members (excludes halogenated alkanes) is 8. The minimum absolute atomic E-state index is 0.0100. The summed E-state index contributed by atoms with van der Waals surface area (Å²) in [6.07, 6.45) is 13.8. The van der Waals surface area contributed by atoms with Gasteiger partial charge in [0, 0.05) is 12.8 Å². The van der Waals surface area contributed by atoms with Gasteiger partial charge in [0.25, 0.3) is 0 Å². The van der Waals surface area contributed by atoms with Gasteiger partial charge in [-0.25, -0.2) is 0 Å². The number of hydrogen-bond donors (Lipinski definition) is 1. The molecular formula is C21H40O4. The van der Waals surface area contributed by atoms with Crippen molar-refractivity contribution in [2.45, 2.75) is 123 Å². The number of Topliss-reactive ketones (excluding diaryl/α,β-unsaturated/α-hetero) is 1. The van der Waals surface area contributed by atoms with E-state index in [0.717, 1.165) is 44.9 Å². The lowest BCUT2D eigenvalue weighted by molar-refractivity contribution is -0.148. The normalized spacial score (nSPS) is 13.4. The molecule has 148 valence electrons. The van der Waals surface area contributed by atoms with E-state index in [0.29, 0.717) is 12.2 Å². The molecule has 0 rings (SSSR count). The zero-order valence-electron chi connectivity index (χ0n) is 16.7. The highest BCUT2D eigenvalue weighted by Crippen LogP contribution is 2.13. The van der Waals surface area contributed by atoms with Gasteiger partial charge in [-0.15, -0.1) is 0 Å². The summed E-state index contributed by atoms with van der Waals surface area (Å²) < 4.78 is 5.42. The number of aliphatic hydroxyl groups excluding tert-OH is 1. The van der Waals surface area contributed by atoms with E-state index < -0.39 is 0 Å². The Kier molecular flexibility index (Phi) is 16.0. The number of hydrogen-bond acceptors (Lipinski definition) is 4. The van der Waals surface area contributed by atoms with E-state index >= 15 is 0 Å². The van der Waals surface area contributed by atoms with E-state index in [4.69, 9.17) is 9.84 Å². The highest BCUT2D eigenvalue weighted by molar-refractivity contribution is 5.75. The van der Waals surface area contributed by atoms with Crippen LogP contribution >= 0.6 is 0 Å². The summed E-state index contributed by atoms with van der Waals surface area (Å²) >= 11 is 0. The SMILES string of the molecule is CC(=O)CCCCCCCCCCC(C)OC(=O)CCCCC(C)O. The monoisotopic (exact) mass is 356 g/mol. The summed E-state index contributed by atoms with van der Waals surface area (Å²) in [7, 11) is 0. The van der Waals surface area contributed by atoms with Crippen LogP contribution in [0, 0.1) is 0 Å². The molecule has 1 N–H and O–H groups in total. The minimum Gasteiger partial charge on any atom is -0.463 e. The molecule has 0 aromatic heterocycles. The van der Waals surface area contributed by atoms with Crippen LogP contribution in [0.4, 0.5) is 0 Å². The van der Waals surface area contributed by atoms with Crippen molar-refractivity contribution in [3.63, 3.8) is 0 Å². The molecule has 0 aliphatic rings. The van der Waals surface area contributed by atoms with Gasteiger partial charge in [-0.1, -0.05) is 44.9 Å². The molecule has 4 heteroatoms. The lowest BCUT2D eigenvalue weighted by Gasteiger charge is -2.13. The fourth-order valence-electron chi connectivity index (χ4n) is 2.92. The van der Waals surface area contributed by atoms with Crippen molar-refractivity contribution in [1.29, 1.82) is 0 Å². The third-order valence-electron chi connectivity index (χ3n) is 4.47. The Morgan fingerprint density at radius 2 is 1.24 bits per heavy atom. The van der Waals surface area contributed by atoms with E-state index in [2.05, 4.69) is 0 Å². The van der Waals surface area contributed by atoms with Gasteiger partial charge >= 0.3 is 5.97 Å². The van der Waals surface area contributed by atoms with Gasteiger partial charge in [0.05, 0.1) is 12.2 Å². The van der Waals surface area contributed by atoms with Crippen molar-refractivity contribution < 1.29 is 19.4 Å². The Balaban J connectivity index is 3.36. The first-order valence-electron chi connectivity index (χ1n) is 10.3. The number of aliphatic hydroxyl groups is 1. The van der Waals surface area contributed by atoms with Gasteiger partial charge in [-0.2, -0.15) is 0 Å². The molecule has 0 aromatic carbocycles. The summed E-state index contributed by atoms with van der Waals surface area (Å²) in [5, 5.41) is 9.17. The quantitative estimate of drug-likeness (QED) is 0.282. The Bertz CT molecular complexity index is 339. The third kappa shape index (κ3) is 19.3. The fraction of sp³-hybridized carbons (Fsp3) is 0.905. The van der Waals surface area contributed by atoms with Crippen LogP contribution in [0.2, 0.25) is 0 Å². The number of esters is 1. The van der Waals surface area contributed by atoms with Gasteiger partial charge in [-0.3, -0.25) is 4.79 Å². The smallest absolute Gasteiger partial charge is 0.306 e. The Hall–Kier alpha value is -0.900. The summed E-state index contributed by atoms with van der Waals surface area (Å²) in [4.78, 5) is 22.5. The van der Waals surface area contributed by atoms with Crippen LogP contribution in [0.3, 0.4) is 0 Å². The predicted octanol–water partition coefficient (Wildman–Crippen LogP) is 5.35. The zero-order chi connectivity index (χ0) is 18.9. The molecular weight excluding hydrogens is 316 g/mol. The first kappa shape index (κ1) is 24.1. The van der Waals surface area contributed by atoms with E-state index in [1.54, 1.807) is 13.8 Å². The maximum absolute atomic E-state index is 11.7. The molecule has 0 saturated carbocycles. The topological polar surface area (TPSA) is 63.6 Å². The number of carbonyl (C=O) groups excluding carboxylic acids is 2. The first-order chi connectivity index (χ1) is 11.9. The average molecular weight is 357 g/mol. The summed E-state index contributed by atoms with van der Waals surface area (Å²) in [6.45, 7) is 5.41. The molecule has 0 aliphatic carbocycles. The Morgan fingerprint density at radius 1 is 0.760 bits per heavy atom. The molecule has 2 atom stereocenters. The molecule has 0 spiro atoms. The summed E-state index contributed by atoms with van der Waals surface area (Å²) in [5.41, 5.74) is 0. The predicted molar refractivity (Wildman–Crippen MR) is 103 cm³/mol. The van der Waals surface area contributed by atoms with Crippen molar-refractivity contribution in [2.75, 3.05) is 0 Å². The Labute approximate surface area is 154 Å². The lowest BCUT2D eigenvalue weighted by Crippen LogP contribution is -2.14. The van der Waals surface area contributed by atoms with Gasteiger partial charge in [-0.05, 0) is 52.9 Å². The van der Waals surface area contributed by atoms with E-state index in [1.807, 2.05) is 6.92 Å². The van der Waals surface area contributed by atoms with Gasteiger partial charge in [0.15, 0.2) is 0 Å². The fourth-order valence-corrected chi connectivity index (χ4v) is 2.92. The van der Waals surface area contributed by atoms with Gasteiger partial charge in [0.1, 0.15) is 5.78 Å². The first-order valence-corrected chi connectivity index (χ1v) is 10.3. The number of rotatable bonds is 17. The molecule has 25 heavy (non-hydrogen) atoms. The van der Waals surface area contributed by atoms with Crippen molar-refractivity contribution in [3.05, 3.63) is 0 Å². The van der Waals surface area contributed by atoms with Crippen LogP contribution in [0.1, 0.15) is 111 Å². The van der Waals surface area contributed by atoms with Crippen LogP contribution in [-0.4, -0.2) is 29.1 Å². The molecule has 0 amide bonds. The number of ether oxygens (including phenoxy) is 1. The zero-order valence-corrected chi connectivity index (χ0v) is 16.7. The van der Waals surface area contributed by atoms with Crippen LogP contribution in [0.15, 0.2) is 0 Å². The standard InChI is InChI=1S/C21H40O4/c1-18(22)14-10-8-6-4-5-7-9-11-16-20(3)25-21(24)17-13-12-15-19(2)23/h19-20,23H,4-17H2,1-3H3. The van der Waals surface area contributed by atoms with Crippen molar-refractivity contribution in [3.8, 4) is 0 Å². The second-order valence-electron chi connectivity index (χ2n) is 7.46. The second kappa shape index (κ2) is 16.6. The van der Waals surface area contributed by atoms with Crippen LogP contribution in [-0.2, 0) is 14.3 Å². The van der Waals surface area contributed by atoms with Crippen molar-refractivity contribution in [2.24, 2.45) is 0 Å². The van der Waals surface area contributed by atoms with Crippen molar-refractivity contribution >= 4 is 11.8 Å². The molecule has 0 aromatic rings. The number of carbonyl (C=O) groups is 2. The highest BCUT2D eigenvalue weighted by atomic mass is 16.5. The largest absolute Gasteiger partial charge is 0.463 e. The highest BCUT2D eigenvalue weighted by Gasteiger charge is 2.09. The maximum atomic E-state index is 11.7. The Morgan fingerprint density at radius 3 is 1.80 bits per heavy atom. The maximum Gasteiger partial charge on any atom is 0.306 e. The molecule has 0 aliphatic heterocycles. The summed E-state index contributed by atoms with van der Waals surface area (Å²) in [6, 6.07) is 0. The number of ketones is 1. The van der Waals surface area contributed by atoms with Gasteiger partial charge in [0.2, 0.25) is 0 Å². The molecule has 0 radical (unpaired) electrons. The molecule has 0 bridgehead atoms. The van der Waals surface area contributed by atoms with Crippen LogP contribution in [0.5, 0.6) is 0 Å². The van der Waals surface area contributed by atoms with E-state index in [1.165, 1.54) is 38.5 Å². The van der Waals surface area contributed by atoms with Gasteiger partial charge < -0.3 is 14.6 Å². The van der Waals surface area contributed by atoms with E-state index in [9.17, 15) is 9.59 Å². The van der Waals surface area contributed by atoms with E-state index in [-0.39, 0.29) is 18.2 Å². The molecule has 0 heterocycles. The summed E-state index contributed by atoms with van der Waals surface area (Å²) in [5.74, 6) is 0.193. The van der Waals surface area contributed by atoms with Crippen LogP contribution < -0.4 is 0 Å². The molecule has 4 nitrogen and oxygen atoms in total. The third-order valence-corrected chi connectivity index (χ3v) is 4.47. The molecule has 2 unspecified atom stereocenters. The molecule has 0 fully saturated rings. The van der Waals surface area contributed by atoms with Crippen molar-refractivity contribution in [1.82, 2.24) is 0 Å².